The summed E-state index contributed by atoms with van der Waals surface area (Å²) in [5, 5.41) is 11.3. The molecular formula is C12H24N4O3. The Morgan fingerprint density at radius 2 is 1.95 bits per heavy atom. The Balaban J connectivity index is 2.50. The van der Waals surface area contributed by atoms with Gasteiger partial charge in [-0.1, -0.05) is 5.10 Å². The van der Waals surface area contributed by atoms with Crippen LogP contribution in [0.5, 0.6) is 0 Å². The molecule has 1 N–H and O–H groups in total. The van der Waals surface area contributed by atoms with Gasteiger partial charge in [-0.2, -0.15) is 0 Å². The minimum absolute atomic E-state index is 0.282. The molecule has 1 aromatic rings. The van der Waals surface area contributed by atoms with Gasteiger partial charge in [-0.3, -0.25) is 0 Å². The van der Waals surface area contributed by atoms with Gasteiger partial charge in [0.2, 0.25) is 5.89 Å². The molecule has 0 aromatic carbocycles. The molecule has 0 aliphatic heterocycles. The second-order valence-electron chi connectivity index (χ2n) is 4.43. The molecule has 1 heterocycles. The molecule has 0 amide bonds. The maximum atomic E-state index is 5.63. The number of hydrogen-bond acceptors (Lipinski definition) is 7. The maximum Gasteiger partial charge on any atom is 0.318 e. The SMILES string of the molecule is COCCNCc1nnc(N(CCOC)C(C)C)o1. The van der Waals surface area contributed by atoms with Gasteiger partial charge in [0, 0.05) is 33.4 Å². The van der Waals surface area contributed by atoms with Gasteiger partial charge in [0.25, 0.3) is 0 Å². The largest absolute Gasteiger partial charge is 0.407 e. The topological polar surface area (TPSA) is 72.7 Å². The van der Waals surface area contributed by atoms with Crippen LogP contribution >= 0.6 is 0 Å². The van der Waals surface area contributed by atoms with Crippen molar-refractivity contribution in [1.29, 1.82) is 0 Å². The minimum atomic E-state index is 0.282. The van der Waals surface area contributed by atoms with Gasteiger partial charge in [-0.15, -0.1) is 5.10 Å². The van der Waals surface area contributed by atoms with E-state index in [1.165, 1.54) is 0 Å². The first-order valence-electron chi connectivity index (χ1n) is 6.46. The van der Waals surface area contributed by atoms with Crippen molar-refractivity contribution in [3.63, 3.8) is 0 Å². The molecule has 7 heteroatoms. The van der Waals surface area contributed by atoms with Crippen LogP contribution in [0, 0.1) is 0 Å². The summed E-state index contributed by atoms with van der Waals surface area (Å²) < 4.78 is 15.7. The first-order valence-corrected chi connectivity index (χ1v) is 6.46. The number of hydrogen-bond donors (Lipinski definition) is 1. The molecule has 0 saturated carbocycles. The van der Waals surface area contributed by atoms with Gasteiger partial charge in [0.05, 0.1) is 19.8 Å². The van der Waals surface area contributed by atoms with Gasteiger partial charge >= 0.3 is 6.01 Å². The molecule has 0 atom stereocenters. The summed E-state index contributed by atoms with van der Waals surface area (Å²) in [5.41, 5.74) is 0. The molecule has 0 aliphatic rings. The molecule has 0 radical (unpaired) electrons. The highest BCUT2D eigenvalue weighted by Gasteiger charge is 2.17. The second kappa shape index (κ2) is 8.84. The monoisotopic (exact) mass is 272 g/mol. The summed E-state index contributed by atoms with van der Waals surface area (Å²) in [7, 11) is 3.35. The van der Waals surface area contributed by atoms with Crippen LogP contribution in [0.1, 0.15) is 19.7 Å². The van der Waals surface area contributed by atoms with Crippen molar-refractivity contribution in [2.24, 2.45) is 0 Å². The molecule has 0 unspecified atom stereocenters. The minimum Gasteiger partial charge on any atom is -0.407 e. The highest BCUT2D eigenvalue weighted by Crippen LogP contribution is 2.14. The summed E-state index contributed by atoms with van der Waals surface area (Å²) in [4.78, 5) is 2.02. The van der Waals surface area contributed by atoms with Crippen molar-refractivity contribution in [2.45, 2.75) is 26.4 Å². The molecule has 110 valence electrons. The lowest BCUT2D eigenvalue weighted by molar-refractivity contribution is 0.198. The lowest BCUT2D eigenvalue weighted by Crippen LogP contribution is -2.34. The maximum absolute atomic E-state index is 5.63. The third-order valence-corrected chi connectivity index (χ3v) is 2.62. The Bertz CT molecular complexity index is 343. The van der Waals surface area contributed by atoms with E-state index in [4.69, 9.17) is 13.9 Å². The van der Waals surface area contributed by atoms with Crippen LogP contribution in [0.15, 0.2) is 4.42 Å². The van der Waals surface area contributed by atoms with Gasteiger partial charge < -0.3 is 24.1 Å². The molecule has 7 nitrogen and oxygen atoms in total. The summed E-state index contributed by atoms with van der Waals surface area (Å²) in [6.07, 6.45) is 0. The van der Waals surface area contributed by atoms with Crippen LogP contribution in [0.2, 0.25) is 0 Å². The van der Waals surface area contributed by atoms with Crippen LogP contribution < -0.4 is 10.2 Å². The van der Waals surface area contributed by atoms with Gasteiger partial charge in [0.1, 0.15) is 0 Å². The number of ether oxygens (including phenoxy) is 2. The average molecular weight is 272 g/mol. The zero-order chi connectivity index (χ0) is 14.1. The molecule has 1 rings (SSSR count). The highest BCUT2D eigenvalue weighted by atomic mass is 16.5. The van der Waals surface area contributed by atoms with Crippen LogP contribution in [-0.4, -0.2) is 56.8 Å². The van der Waals surface area contributed by atoms with E-state index in [-0.39, 0.29) is 6.04 Å². The van der Waals surface area contributed by atoms with Crippen molar-refractivity contribution in [3.05, 3.63) is 5.89 Å². The van der Waals surface area contributed by atoms with Crippen LogP contribution in [-0.2, 0) is 16.0 Å². The molecule has 0 bridgehead atoms. The van der Waals surface area contributed by atoms with E-state index < -0.39 is 0 Å². The summed E-state index contributed by atoms with van der Waals surface area (Å²) in [6.45, 7) is 7.48. The Morgan fingerprint density at radius 3 is 2.58 bits per heavy atom. The first-order chi connectivity index (χ1) is 9.19. The molecule has 19 heavy (non-hydrogen) atoms. The lowest BCUT2D eigenvalue weighted by Gasteiger charge is -2.23. The van der Waals surface area contributed by atoms with E-state index in [0.717, 1.165) is 13.1 Å². The summed E-state index contributed by atoms with van der Waals surface area (Å²) in [6, 6.07) is 0.820. The van der Waals surface area contributed by atoms with Gasteiger partial charge in [0.15, 0.2) is 0 Å². The van der Waals surface area contributed by atoms with Gasteiger partial charge in [-0.25, -0.2) is 0 Å². The number of nitrogens with one attached hydrogen (secondary N) is 1. The van der Waals surface area contributed by atoms with Crippen molar-refractivity contribution in [2.75, 3.05) is 45.4 Å². The van der Waals surface area contributed by atoms with E-state index >= 15 is 0 Å². The van der Waals surface area contributed by atoms with Crippen LogP contribution in [0.4, 0.5) is 6.01 Å². The number of rotatable bonds is 10. The summed E-state index contributed by atoms with van der Waals surface area (Å²) >= 11 is 0. The third kappa shape index (κ3) is 5.54. The summed E-state index contributed by atoms with van der Waals surface area (Å²) in [5.74, 6) is 0.578. The van der Waals surface area contributed by atoms with Crippen LogP contribution in [0.25, 0.3) is 0 Å². The first kappa shape index (κ1) is 15.9. The third-order valence-electron chi connectivity index (χ3n) is 2.62. The normalized spacial score (nSPS) is 11.2. The standard InChI is InChI=1S/C12H24N4O3/c1-10(2)16(6-8-18-4)12-15-14-11(19-12)9-13-5-7-17-3/h10,13H,5-9H2,1-4H3. The molecule has 0 fully saturated rings. The Labute approximate surface area is 114 Å². The van der Waals surface area contributed by atoms with Crippen molar-refractivity contribution >= 4 is 6.01 Å². The van der Waals surface area contributed by atoms with Crippen LogP contribution in [0.3, 0.4) is 0 Å². The van der Waals surface area contributed by atoms with E-state index in [1.807, 2.05) is 4.90 Å². The fourth-order valence-corrected chi connectivity index (χ4v) is 1.57. The highest BCUT2D eigenvalue weighted by molar-refractivity contribution is 5.25. The fourth-order valence-electron chi connectivity index (χ4n) is 1.57. The number of nitrogens with zero attached hydrogens (tertiary/aromatic N) is 3. The molecule has 0 aliphatic carbocycles. The lowest BCUT2D eigenvalue weighted by atomic mass is 10.3. The van der Waals surface area contributed by atoms with E-state index in [9.17, 15) is 0 Å². The molecule has 0 spiro atoms. The predicted molar refractivity (Wildman–Crippen MR) is 72.2 cm³/mol. The Morgan fingerprint density at radius 1 is 1.21 bits per heavy atom. The van der Waals surface area contributed by atoms with E-state index in [0.29, 0.717) is 31.7 Å². The number of methoxy groups -OCH3 is 2. The van der Waals surface area contributed by atoms with Gasteiger partial charge in [-0.05, 0) is 13.8 Å². The smallest absolute Gasteiger partial charge is 0.318 e. The fraction of sp³-hybridized carbons (Fsp3) is 0.833. The zero-order valence-electron chi connectivity index (χ0n) is 12.2. The van der Waals surface area contributed by atoms with Crippen molar-refractivity contribution in [3.8, 4) is 0 Å². The predicted octanol–water partition coefficient (Wildman–Crippen LogP) is 0.667. The van der Waals surface area contributed by atoms with Crippen molar-refractivity contribution < 1.29 is 13.9 Å². The average Bonchev–Trinajstić information content (AvgIpc) is 2.83. The Kier molecular flexibility index (Phi) is 7.39. The zero-order valence-corrected chi connectivity index (χ0v) is 12.2. The molecule has 1 aromatic heterocycles. The molecular weight excluding hydrogens is 248 g/mol. The molecule has 0 saturated heterocycles. The van der Waals surface area contributed by atoms with E-state index in [2.05, 4.69) is 29.4 Å². The number of aromatic nitrogens is 2. The van der Waals surface area contributed by atoms with Crippen molar-refractivity contribution in [1.82, 2.24) is 15.5 Å². The second-order valence-corrected chi connectivity index (χ2v) is 4.43. The van der Waals surface area contributed by atoms with E-state index in [1.54, 1.807) is 14.2 Å². The number of anilines is 1. The Hall–Kier alpha value is -1.18. The quantitative estimate of drug-likeness (QED) is 0.627.